The number of nitrogens with zero attached hydrogens (tertiary/aromatic N) is 3. The van der Waals surface area contributed by atoms with E-state index in [4.69, 9.17) is 4.99 Å². The Hall–Kier alpha value is -3.20. The fourth-order valence-electron chi connectivity index (χ4n) is 5.99. The second-order valence-electron chi connectivity index (χ2n) is 12.1. The molecule has 2 aromatic rings. The molecule has 5 aliphatic rings. The highest BCUT2D eigenvalue weighted by Gasteiger charge is 2.57. The Kier molecular flexibility index (Phi) is 5.67. The van der Waals surface area contributed by atoms with E-state index in [0.717, 1.165) is 86.1 Å². The standard InChI is InChI=1S/C30H34N4O4S/c1-19-15-23(22-3-2-4-24(16-22)32-39(37,38)25-8-9-25)7-10-26(19)27-31-30(12-13-30)29(36)34(27)18-20-11-14-33(17-20)28(35)21-5-6-21/h2-4,7,10,15-16,20-21,25,32H,5-6,8-9,11-14,17-18H2,1H3. The molecule has 2 amide bonds. The lowest BCUT2D eigenvalue weighted by Gasteiger charge is -2.24. The van der Waals surface area contributed by atoms with Gasteiger partial charge in [0, 0.05) is 36.8 Å². The summed E-state index contributed by atoms with van der Waals surface area (Å²) in [5, 5.41) is -0.277. The lowest BCUT2D eigenvalue weighted by molar-refractivity contribution is -0.131. The minimum atomic E-state index is -3.33. The average molecular weight is 547 g/mol. The fraction of sp³-hybridized carbons (Fsp3) is 0.500. The van der Waals surface area contributed by atoms with Crippen molar-refractivity contribution in [3.8, 4) is 11.1 Å². The normalized spacial score (nSPS) is 23.9. The van der Waals surface area contributed by atoms with Crippen molar-refractivity contribution in [3.63, 3.8) is 0 Å². The van der Waals surface area contributed by atoms with Gasteiger partial charge in [0.1, 0.15) is 11.4 Å². The third-order valence-corrected chi connectivity index (χ3v) is 10.7. The molecule has 204 valence electrons. The predicted molar refractivity (Wildman–Crippen MR) is 150 cm³/mol. The van der Waals surface area contributed by atoms with Crippen LogP contribution in [0.5, 0.6) is 0 Å². The van der Waals surface area contributed by atoms with Crippen molar-refractivity contribution < 1.29 is 18.0 Å². The van der Waals surface area contributed by atoms with E-state index in [1.807, 2.05) is 47.1 Å². The summed E-state index contributed by atoms with van der Waals surface area (Å²) in [5.74, 6) is 1.62. The molecule has 4 fully saturated rings. The van der Waals surface area contributed by atoms with Gasteiger partial charge in [-0.2, -0.15) is 0 Å². The quantitative estimate of drug-likeness (QED) is 0.542. The zero-order valence-corrected chi connectivity index (χ0v) is 23.0. The van der Waals surface area contributed by atoms with Crippen LogP contribution in [0.4, 0.5) is 5.69 Å². The van der Waals surface area contributed by atoms with Crippen molar-refractivity contribution in [3.05, 3.63) is 53.6 Å². The second-order valence-corrected chi connectivity index (χ2v) is 14.0. The number of sulfonamides is 1. The van der Waals surface area contributed by atoms with E-state index >= 15 is 0 Å². The average Bonchev–Trinajstić information content (AvgIpc) is 3.78. The number of benzene rings is 2. The number of anilines is 1. The molecule has 7 rings (SSSR count). The van der Waals surface area contributed by atoms with Crippen molar-refractivity contribution >= 4 is 33.4 Å². The van der Waals surface area contributed by atoms with Gasteiger partial charge in [-0.25, -0.2) is 8.42 Å². The van der Waals surface area contributed by atoms with Gasteiger partial charge < -0.3 is 4.90 Å². The highest BCUT2D eigenvalue weighted by atomic mass is 32.2. The van der Waals surface area contributed by atoms with Gasteiger partial charge in [0.15, 0.2) is 0 Å². The Bertz CT molecular complexity index is 1500. The summed E-state index contributed by atoms with van der Waals surface area (Å²) in [6, 6.07) is 13.6. The van der Waals surface area contributed by atoms with Crippen LogP contribution in [0.15, 0.2) is 47.5 Å². The van der Waals surface area contributed by atoms with Crippen molar-refractivity contribution in [1.82, 2.24) is 9.80 Å². The largest absolute Gasteiger partial charge is 0.342 e. The number of amides is 2. The van der Waals surface area contributed by atoms with Crippen LogP contribution < -0.4 is 4.72 Å². The molecular weight excluding hydrogens is 512 g/mol. The summed E-state index contributed by atoms with van der Waals surface area (Å²) >= 11 is 0. The highest BCUT2D eigenvalue weighted by Crippen LogP contribution is 2.46. The summed E-state index contributed by atoms with van der Waals surface area (Å²) in [7, 11) is -3.33. The molecule has 8 nitrogen and oxygen atoms in total. The Labute approximate surface area is 229 Å². The summed E-state index contributed by atoms with van der Waals surface area (Å²) in [5.41, 5.74) is 3.85. The van der Waals surface area contributed by atoms with E-state index in [-0.39, 0.29) is 28.9 Å². The van der Waals surface area contributed by atoms with Crippen LogP contribution in [0.3, 0.4) is 0 Å². The summed E-state index contributed by atoms with van der Waals surface area (Å²) in [6.07, 6.45) is 5.98. The lowest BCUT2D eigenvalue weighted by Crippen LogP contribution is -2.41. The van der Waals surface area contributed by atoms with Crippen molar-refractivity contribution in [1.29, 1.82) is 0 Å². The predicted octanol–water partition coefficient (Wildman–Crippen LogP) is 3.95. The third-order valence-electron chi connectivity index (χ3n) is 8.79. The summed E-state index contributed by atoms with van der Waals surface area (Å²) < 4.78 is 27.5. The molecule has 1 N–H and O–H groups in total. The van der Waals surface area contributed by atoms with Gasteiger partial charge in [0.05, 0.1) is 5.25 Å². The number of rotatable bonds is 8. The Morgan fingerprint density at radius 2 is 1.82 bits per heavy atom. The molecule has 2 aliphatic heterocycles. The van der Waals surface area contributed by atoms with Crippen LogP contribution in [-0.4, -0.2) is 66.3 Å². The number of carbonyl (C=O) groups is 2. The molecule has 2 aromatic carbocycles. The molecule has 3 saturated carbocycles. The van der Waals surface area contributed by atoms with E-state index in [1.54, 1.807) is 6.07 Å². The van der Waals surface area contributed by atoms with Gasteiger partial charge in [-0.05, 0) is 86.6 Å². The first-order chi connectivity index (χ1) is 18.7. The maximum atomic E-state index is 13.5. The number of amidine groups is 1. The topological polar surface area (TPSA) is 99.1 Å². The van der Waals surface area contributed by atoms with E-state index < -0.39 is 15.6 Å². The van der Waals surface area contributed by atoms with E-state index in [9.17, 15) is 18.0 Å². The van der Waals surface area contributed by atoms with Crippen LogP contribution in [0.25, 0.3) is 11.1 Å². The lowest BCUT2D eigenvalue weighted by atomic mass is 9.98. The molecule has 0 bridgehead atoms. The first-order valence-electron chi connectivity index (χ1n) is 14.2. The maximum Gasteiger partial charge on any atom is 0.256 e. The van der Waals surface area contributed by atoms with Gasteiger partial charge >= 0.3 is 0 Å². The van der Waals surface area contributed by atoms with Gasteiger partial charge in [-0.15, -0.1) is 0 Å². The fourth-order valence-corrected chi connectivity index (χ4v) is 7.37. The number of aliphatic imine (C=N–C) groups is 1. The molecule has 2 heterocycles. The van der Waals surface area contributed by atoms with Crippen LogP contribution >= 0.6 is 0 Å². The number of hydrogen-bond donors (Lipinski definition) is 1. The minimum absolute atomic E-state index is 0.101. The van der Waals surface area contributed by atoms with Gasteiger partial charge in [-0.1, -0.05) is 30.3 Å². The number of likely N-dealkylation sites (tertiary alicyclic amines) is 1. The Morgan fingerprint density at radius 1 is 1.05 bits per heavy atom. The molecule has 1 spiro atoms. The van der Waals surface area contributed by atoms with Crippen molar-refractivity contribution in [2.24, 2.45) is 16.8 Å². The summed E-state index contributed by atoms with van der Waals surface area (Å²) in [4.78, 5) is 34.9. The molecule has 0 radical (unpaired) electrons. The number of hydrogen-bond acceptors (Lipinski definition) is 5. The molecule has 1 unspecified atom stereocenters. The van der Waals surface area contributed by atoms with Crippen molar-refractivity contribution in [2.75, 3.05) is 24.4 Å². The molecule has 3 aliphatic carbocycles. The van der Waals surface area contributed by atoms with Crippen LogP contribution in [0.1, 0.15) is 56.1 Å². The zero-order chi connectivity index (χ0) is 26.9. The monoisotopic (exact) mass is 546 g/mol. The van der Waals surface area contributed by atoms with E-state index in [0.29, 0.717) is 12.2 Å². The molecular formula is C30H34N4O4S. The van der Waals surface area contributed by atoms with Gasteiger partial charge in [0.25, 0.3) is 5.91 Å². The number of nitrogens with one attached hydrogen (secondary N) is 1. The van der Waals surface area contributed by atoms with Crippen molar-refractivity contribution in [2.45, 2.75) is 62.7 Å². The van der Waals surface area contributed by atoms with E-state index in [1.165, 1.54) is 0 Å². The minimum Gasteiger partial charge on any atom is -0.342 e. The SMILES string of the molecule is Cc1cc(-c2cccc(NS(=O)(=O)C3CC3)c2)ccc1C1=NC2(CC2)C(=O)N1CC1CCN(C(=O)C2CC2)C1. The first kappa shape index (κ1) is 24.8. The second kappa shape index (κ2) is 8.91. The number of carbonyl (C=O) groups excluding carboxylic acids is 2. The van der Waals surface area contributed by atoms with Crippen LogP contribution in [0.2, 0.25) is 0 Å². The molecule has 39 heavy (non-hydrogen) atoms. The van der Waals surface area contributed by atoms with E-state index in [2.05, 4.69) is 10.8 Å². The molecule has 1 saturated heterocycles. The van der Waals surface area contributed by atoms with Gasteiger partial charge in [-0.3, -0.25) is 24.2 Å². The summed E-state index contributed by atoms with van der Waals surface area (Å²) in [6.45, 7) is 4.13. The maximum absolute atomic E-state index is 13.5. The Morgan fingerprint density at radius 3 is 2.51 bits per heavy atom. The Balaban J connectivity index is 1.11. The number of aryl methyl sites for hydroxylation is 1. The highest BCUT2D eigenvalue weighted by molar-refractivity contribution is 7.93. The van der Waals surface area contributed by atoms with Gasteiger partial charge in [0.2, 0.25) is 15.9 Å². The van der Waals surface area contributed by atoms with Crippen LogP contribution in [0, 0.1) is 18.8 Å². The molecule has 1 atom stereocenters. The smallest absolute Gasteiger partial charge is 0.256 e. The molecule has 0 aromatic heterocycles. The zero-order valence-electron chi connectivity index (χ0n) is 22.2. The van der Waals surface area contributed by atoms with Crippen LogP contribution in [-0.2, 0) is 19.6 Å². The molecule has 9 heteroatoms. The third kappa shape index (κ3) is 4.64. The first-order valence-corrected chi connectivity index (χ1v) is 15.7.